The molecule has 2 aliphatic rings. The summed E-state index contributed by atoms with van der Waals surface area (Å²) in [7, 11) is -2.06. The second-order valence-corrected chi connectivity index (χ2v) is 9.27. The van der Waals surface area contributed by atoms with Gasteiger partial charge in [0.2, 0.25) is 15.8 Å². The Labute approximate surface area is 137 Å². The Morgan fingerprint density at radius 3 is 2.82 bits per heavy atom. The number of nitrogens with two attached hydrogens (primary N) is 1. The Hall–Kier alpha value is -0.200. The Morgan fingerprint density at radius 1 is 1.45 bits per heavy atom. The quantitative estimate of drug-likeness (QED) is 0.613. The first-order chi connectivity index (χ1) is 10.4. The van der Waals surface area contributed by atoms with Crippen LogP contribution in [0.15, 0.2) is 14.5 Å². The molecule has 2 aliphatic heterocycles. The number of methoxy groups -OCH3 is 1. The van der Waals surface area contributed by atoms with Gasteiger partial charge in [0.05, 0.1) is 24.0 Å². The average molecular weight is 366 g/mol. The van der Waals surface area contributed by atoms with Crippen molar-refractivity contribution in [3.05, 3.63) is 11.6 Å². The molecule has 22 heavy (non-hydrogen) atoms. The molecule has 3 rings (SSSR count). The van der Waals surface area contributed by atoms with E-state index in [9.17, 15) is 8.42 Å². The van der Waals surface area contributed by atoms with E-state index in [2.05, 4.69) is 4.31 Å². The summed E-state index contributed by atoms with van der Waals surface area (Å²) in [4.78, 5) is 0. The normalized spacial score (nSPS) is 21.4. The van der Waals surface area contributed by atoms with E-state index in [4.69, 9.17) is 19.3 Å². The third-order valence-electron chi connectivity index (χ3n) is 3.47. The van der Waals surface area contributed by atoms with Gasteiger partial charge in [-0.3, -0.25) is 0 Å². The number of ether oxygens (including phenoxy) is 3. The number of primary sulfonamides is 1. The summed E-state index contributed by atoms with van der Waals surface area (Å²) < 4.78 is 43.1. The lowest BCUT2D eigenvalue weighted by Crippen LogP contribution is -2.42. The zero-order valence-electron chi connectivity index (χ0n) is 12.1. The minimum absolute atomic E-state index is 0.141. The van der Waals surface area contributed by atoms with Crippen LogP contribution in [0.4, 0.5) is 0 Å². The molecule has 0 radical (unpaired) electrons. The number of hydrogen-bond donors (Lipinski definition) is 1. The SMILES string of the molecule is COCCCN1CC2(OCCO2)c2cc(S(N)(=O)=O)sc2S1. The van der Waals surface area contributed by atoms with Crippen molar-refractivity contribution in [1.82, 2.24) is 4.31 Å². The van der Waals surface area contributed by atoms with Gasteiger partial charge in [-0.2, -0.15) is 0 Å². The lowest BCUT2D eigenvalue weighted by molar-refractivity contribution is -0.174. The summed E-state index contributed by atoms with van der Waals surface area (Å²) in [6.07, 6.45) is 0.877. The first-order valence-corrected chi connectivity index (χ1v) is 9.95. The topological polar surface area (TPSA) is 91.1 Å². The molecular formula is C12H18N2O5S3. The highest BCUT2D eigenvalue weighted by Gasteiger charge is 2.47. The number of rotatable bonds is 5. The molecule has 1 aromatic rings. The van der Waals surface area contributed by atoms with Crippen molar-refractivity contribution in [2.24, 2.45) is 5.14 Å². The Morgan fingerprint density at radius 2 is 2.18 bits per heavy atom. The van der Waals surface area contributed by atoms with Crippen LogP contribution in [0, 0.1) is 0 Å². The van der Waals surface area contributed by atoms with E-state index in [0.717, 1.165) is 34.1 Å². The molecule has 1 spiro atoms. The number of fused-ring (bicyclic) bond motifs is 2. The van der Waals surface area contributed by atoms with Crippen molar-refractivity contribution >= 4 is 33.3 Å². The number of hydrogen-bond acceptors (Lipinski definition) is 8. The highest BCUT2D eigenvalue weighted by atomic mass is 32.3. The molecule has 1 fully saturated rings. The van der Waals surface area contributed by atoms with Crippen molar-refractivity contribution in [3.8, 4) is 0 Å². The molecule has 10 heteroatoms. The van der Waals surface area contributed by atoms with Crippen LogP contribution in [0.2, 0.25) is 0 Å². The van der Waals surface area contributed by atoms with E-state index in [1.165, 1.54) is 11.9 Å². The maximum Gasteiger partial charge on any atom is 0.247 e. The zero-order valence-corrected chi connectivity index (χ0v) is 14.6. The Kier molecular flexibility index (Phi) is 4.82. The highest BCUT2D eigenvalue weighted by Crippen LogP contribution is 2.49. The summed E-state index contributed by atoms with van der Waals surface area (Å²) in [6, 6.07) is 1.58. The molecule has 1 aromatic heterocycles. The fraction of sp³-hybridized carbons (Fsp3) is 0.667. The van der Waals surface area contributed by atoms with Crippen LogP contribution in [-0.2, 0) is 30.0 Å². The standard InChI is InChI=1S/C12H18N2O5S3/c1-17-4-2-3-14-8-12(18-5-6-19-12)9-7-10(22(13,15)16)20-11(9)21-14/h7H,2-6,8H2,1H3,(H2,13,15,16). The summed E-state index contributed by atoms with van der Waals surface area (Å²) in [5, 5.41) is 5.25. The minimum Gasteiger partial charge on any atom is -0.385 e. The molecular weight excluding hydrogens is 348 g/mol. The molecule has 2 N–H and O–H groups in total. The first-order valence-electron chi connectivity index (χ1n) is 6.81. The van der Waals surface area contributed by atoms with Gasteiger partial charge in [-0.05, 0) is 24.4 Å². The second-order valence-electron chi connectivity index (χ2n) is 5.06. The lowest BCUT2D eigenvalue weighted by atomic mass is 10.1. The molecule has 0 saturated carbocycles. The van der Waals surface area contributed by atoms with Gasteiger partial charge in [0.25, 0.3) is 0 Å². The monoisotopic (exact) mass is 366 g/mol. The van der Waals surface area contributed by atoms with Gasteiger partial charge in [-0.25, -0.2) is 17.9 Å². The molecule has 0 amide bonds. The van der Waals surface area contributed by atoms with E-state index in [-0.39, 0.29) is 4.21 Å². The molecule has 0 unspecified atom stereocenters. The summed E-state index contributed by atoms with van der Waals surface area (Å²) in [5.41, 5.74) is 0.770. The summed E-state index contributed by atoms with van der Waals surface area (Å²) >= 11 is 2.68. The number of sulfonamides is 1. The van der Waals surface area contributed by atoms with Crippen LogP contribution in [0.25, 0.3) is 0 Å². The van der Waals surface area contributed by atoms with Gasteiger partial charge in [-0.1, -0.05) is 0 Å². The predicted octanol–water partition coefficient (Wildman–Crippen LogP) is 0.954. The molecule has 124 valence electrons. The van der Waals surface area contributed by atoms with Crippen molar-refractivity contribution < 1.29 is 22.6 Å². The van der Waals surface area contributed by atoms with Gasteiger partial charge in [0.15, 0.2) is 0 Å². The maximum atomic E-state index is 11.6. The van der Waals surface area contributed by atoms with Gasteiger partial charge in [0.1, 0.15) is 4.21 Å². The van der Waals surface area contributed by atoms with Crippen molar-refractivity contribution in [2.45, 2.75) is 20.6 Å². The average Bonchev–Trinajstić information content (AvgIpc) is 3.06. The van der Waals surface area contributed by atoms with Crippen molar-refractivity contribution in [1.29, 1.82) is 0 Å². The Balaban J connectivity index is 1.90. The largest absolute Gasteiger partial charge is 0.385 e. The molecule has 0 aromatic carbocycles. The van der Waals surface area contributed by atoms with Crippen LogP contribution in [-0.4, -0.2) is 52.7 Å². The number of nitrogens with zero attached hydrogens (tertiary/aromatic N) is 1. The summed E-state index contributed by atoms with van der Waals surface area (Å²) in [6.45, 7) is 3.02. The van der Waals surface area contributed by atoms with Crippen LogP contribution in [0.3, 0.4) is 0 Å². The zero-order chi connectivity index (χ0) is 15.8. The second kappa shape index (κ2) is 6.36. The summed E-state index contributed by atoms with van der Waals surface area (Å²) in [5.74, 6) is -0.882. The van der Waals surface area contributed by atoms with E-state index in [1.807, 2.05) is 0 Å². The fourth-order valence-electron chi connectivity index (χ4n) is 2.50. The smallest absolute Gasteiger partial charge is 0.247 e. The molecule has 0 atom stereocenters. The van der Waals surface area contributed by atoms with Gasteiger partial charge < -0.3 is 14.2 Å². The third-order valence-corrected chi connectivity index (χ3v) is 7.25. The van der Waals surface area contributed by atoms with Gasteiger partial charge in [0, 0.05) is 25.8 Å². The van der Waals surface area contributed by atoms with Crippen LogP contribution < -0.4 is 5.14 Å². The van der Waals surface area contributed by atoms with Crippen LogP contribution >= 0.6 is 23.3 Å². The van der Waals surface area contributed by atoms with Crippen molar-refractivity contribution in [2.75, 3.05) is 40.0 Å². The molecule has 0 bridgehead atoms. The maximum absolute atomic E-state index is 11.6. The number of thiophene rings is 1. The molecule has 0 aliphatic carbocycles. The lowest BCUT2D eigenvalue weighted by Gasteiger charge is -2.37. The van der Waals surface area contributed by atoms with Crippen LogP contribution in [0.5, 0.6) is 0 Å². The molecule has 7 nitrogen and oxygen atoms in total. The molecule has 1 saturated heterocycles. The van der Waals surface area contributed by atoms with Crippen molar-refractivity contribution in [3.63, 3.8) is 0 Å². The van der Waals surface area contributed by atoms with Gasteiger partial charge in [-0.15, -0.1) is 11.3 Å². The first kappa shape index (κ1) is 16.7. The highest BCUT2D eigenvalue weighted by molar-refractivity contribution is 7.99. The van der Waals surface area contributed by atoms with E-state index in [0.29, 0.717) is 26.4 Å². The third kappa shape index (κ3) is 3.20. The van der Waals surface area contributed by atoms with E-state index >= 15 is 0 Å². The van der Waals surface area contributed by atoms with E-state index in [1.54, 1.807) is 13.2 Å². The minimum atomic E-state index is -3.73. The van der Waals surface area contributed by atoms with E-state index < -0.39 is 15.8 Å². The van der Waals surface area contributed by atoms with Gasteiger partial charge >= 0.3 is 0 Å². The molecule has 3 heterocycles. The Bertz CT molecular complexity index is 639. The fourth-order valence-corrected chi connectivity index (χ4v) is 6.08. The predicted molar refractivity (Wildman–Crippen MR) is 83.2 cm³/mol. The van der Waals surface area contributed by atoms with Crippen LogP contribution in [0.1, 0.15) is 12.0 Å².